The highest BCUT2D eigenvalue weighted by Crippen LogP contribution is 2.42. The van der Waals surface area contributed by atoms with Crippen LogP contribution < -0.4 is 0 Å². The summed E-state index contributed by atoms with van der Waals surface area (Å²) in [5, 5.41) is 0. The van der Waals surface area contributed by atoms with Gasteiger partial charge in [0.1, 0.15) is 17.5 Å². The van der Waals surface area contributed by atoms with E-state index in [0.717, 1.165) is 16.7 Å². The molecule has 0 spiro atoms. The molecule has 3 aromatic carbocycles. The lowest BCUT2D eigenvalue weighted by Gasteiger charge is -2.03. The maximum Gasteiger partial charge on any atom is 0.123 e. The Morgan fingerprint density at radius 1 is 0.429 bits per heavy atom. The van der Waals surface area contributed by atoms with Crippen molar-refractivity contribution in [3.8, 4) is 0 Å². The molecule has 0 N–H and O–H groups in total. The highest BCUT2D eigenvalue weighted by Gasteiger charge is 1.97. The van der Waals surface area contributed by atoms with E-state index in [1.54, 1.807) is 36.4 Å². The van der Waals surface area contributed by atoms with Gasteiger partial charge in [-0.1, -0.05) is 72.1 Å². The minimum atomic E-state index is -0.778. The highest BCUT2D eigenvalue weighted by molar-refractivity contribution is 7.67. The lowest BCUT2D eigenvalue weighted by Crippen LogP contribution is -1.75. The zero-order chi connectivity index (χ0) is 19.8. The molecule has 0 aromatic heterocycles. The fraction of sp³-hybridized carbons (Fsp3) is 0. The number of hydrogen-bond donors (Lipinski definition) is 0. The van der Waals surface area contributed by atoms with Crippen LogP contribution in [0.2, 0.25) is 0 Å². The average Bonchev–Trinajstić information content (AvgIpc) is 2.71. The molecule has 3 rings (SSSR count). The van der Waals surface area contributed by atoms with Crippen molar-refractivity contribution >= 4 is 26.1 Å². The molecular weight excluding hydrogens is 376 g/mol. The first-order valence-corrected chi connectivity index (χ1v) is 10.2. The zero-order valence-corrected chi connectivity index (χ0v) is 15.9. The molecule has 0 saturated carbocycles. The largest absolute Gasteiger partial charge is 0.207 e. The number of hydrogen-bond acceptors (Lipinski definition) is 0. The normalized spacial score (nSPS) is 12.0. The molecule has 140 valence electrons. The van der Waals surface area contributed by atoms with Crippen molar-refractivity contribution in [1.29, 1.82) is 0 Å². The third-order valence-electron chi connectivity index (χ3n) is 3.93. The van der Waals surface area contributed by atoms with Gasteiger partial charge in [0, 0.05) is 0 Å². The Morgan fingerprint density at radius 2 is 0.679 bits per heavy atom. The Labute approximate surface area is 164 Å². The monoisotopic (exact) mass is 394 g/mol. The summed E-state index contributed by atoms with van der Waals surface area (Å²) in [4.78, 5) is 0. The van der Waals surface area contributed by atoms with Crippen LogP contribution in [0, 0.1) is 17.5 Å². The minimum absolute atomic E-state index is 0.271. The molecule has 0 aliphatic carbocycles. The predicted molar refractivity (Wildman–Crippen MR) is 113 cm³/mol. The first kappa shape index (κ1) is 19.9. The Balaban J connectivity index is 1.80. The SMILES string of the molecule is Fc1ccc(/C=C/P(/C=C/c2ccc(F)cc2)/C=C/c2ccc(F)cc2)cc1. The van der Waals surface area contributed by atoms with Crippen molar-refractivity contribution in [1.82, 2.24) is 0 Å². The van der Waals surface area contributed by atoms with E-state index in [4.69, 9.17) is 0 Å². The number of benzene rings is 3. The van der Waals surface area contributed by atoms with Gasteiger partial charge in [0.2, 0.25) is 0 Å². The molecule has 0 bridgehead atoms. The summed E-state index contributed by atoms with van der Waals surface area (Å²) >= 11 is 0. The summed E-state index contributed by atoms with van der Waals surface area (Å²) in [6, 6.07) is 18.8. The maximum absolute atomic E-state index is 13.1. The Bertz CT molecular complexity index is 838. The first-order chi connectivity index (χ1) is 13.6. The fourth-order valence-corrected chi connectivity index (χ4v) is 3.72. The highest BCUT2D eigenvalue weighted by atomic mass is 31.1. The number of halogens is 3. The van der Waals surface area contributed by atoms with E-state index >= 15 is 0 Å². The molecule has 0 unspecified atom stereocenters. The number of rotatable bonds is 6. The van der Waals surface area contributed by atoms with Gasteiger partial charge in [-0.05, 0) is 61.0 Å². The van der Waals surface area contributed by atoms with Crippen molar-refractivity contribution in [2.24, 2.45) is 0 Å². The van der Waals surface area contributed by atoms with Gasteiger partial charge in [-0.25, -0.2) is 13.2 Å². The van der Waals surface area contributed by atoms with Crippen LogP contribution in [0.3, 0.4) is 0 Å². The quantitative estimate of drug-likeness (QED) is 0.373. The summed E-state index contributed by atoms with van der Waals surface area (Å²) < 4.78 is 39.2. The third-order valence-corrected chi connectivity index (χ3v) is 5.41. The van der Waals surface area contributed by atoms with Crippen molar-refractivity contribution in [2.75, 3.05) is 0 Å². The molecule has 0 fully saturated rings. The minimum Gasteiger partial charge on any atom is -0.207 e. The smallest absolute Gasteiger partial charge is 0.123 e. The van der Waals surface area contributed by atoms with Gasteiger partial charge in [-0.3, -0.25) is 0 Å². The van der Waals surface area contributed by atoms with Gasteiger partial charge in [-0.15, -0.1) is 0 Å². The molecule has 4 heteroatoms. The van der Waals surface area contributed by atoms with Crippen molar-refractivity contribution < 1.29 is 13.2 Å². The summed E-state index contributed by atoms with van der Waals surface area (Å²) in [5.41, 5.74) is 2.71. The Kier molecular flexibility index (Phi) is 7.00. The van der Waals surface area contributed by atoms with E-state index in [2.05, 4.69) is 0 Å². The van der Waals surface area contributed by atoms with E-state index in [1.807, 2.05) is 35.7 Å². The van der Waals surface area contributed by atoms with E-state index < -0.39 is 7.92 Å². The average molecular weight is 394 g/mol. The summed E-state index contributed by atoms with van der Waals surface area (Å²) in [6.45, 7) is 0. The second kappa shape index (κ2) is 9.87. The summed E-state index contributed by atoms with van der Waals surface area (Å²) in [6.07, 6.45) is 5.82. The topological polar surface area (TPSA) is 0 Å². The maximum atomic E-state index is 13.1. The van der Waals surface area contributed by atoms with E-state index in [-0.39, 0.29) is 17.5 Å². The third kappa shape index (κ3) is 6.37. The van der Waals surface area contributed by atoms with Crippen LogP contribution in [-0.2, 0) is 0 Å². The van der Waals surface area contributed by atoms with Gasteiger partial charge in [0.05, 0.1) is 0 Å². The van der Waals surface area contributed by atoms with Crippen LogP contribution in [0.25, 0.3) is 18.2 Å². The molecule has 0 aliphatic rings. The summed E-state index contributed by atoms with van der Waals surface area (Å²) in [5.74, 6) is 5.32. The van der Waals surface area contributed by atoms with Crippen LogP contribution in [0.4, 0.5) is 13.2 Å². The van der Waals surface area contributed by atoms with E-state index in [1.165, 1.54) is 36.4 Å². The Hall–Kier alpha value is -2.90. The van der Waals surface area contributed by atoms with Crippen LogP contribution in [0.5, 0.6) is 0 Å². The lowest BCUT2D eigenvalue weighted by molar-refractivity contribution is 0.627. The van der Waals surface area contributed by atoms with Crippen molar-refractivity contribution in [3.05, 3.63) is 124 Å². The molecule has 28 heavy (non-hydrogen) atoms. The molecular formula is C24H18F3P. The van der Waals surface area contributed by atoms with Crippen LogP contribution in [0.1, 0.15) is 16.7 Å². The first-order valence-electron chi connectivity index (χ1n) is 8.67. The lowest BCUT2D eigenvalue weighted by atomic mass is 10.2. The molecule has 3 aromatic rings. The zero-order valence-electron chi connectivity index (χ0n) is 15.0. The van der Waals surface area contributed by atoms with Crippen molar-refractivity contribution in [2.45, 2.75) is 0 Å². The van der Waals surface area contributed by atoms with Gasteiger partial charge < -0.3 is 0 Å². The van der Waals surface area contributed by atoms with Crippen molar-refractivity contribution in [3.63, 3.8) is 0 Å². The Morgan fingerprint density at radius 3 is 0.929 bits per heavy atom. The predicted octanol–water partition coefficient (Wildman–Crippen LogP) is 7.90. The van der Waals surface area contributed by atoms with Crippen LogP contribution in [-0.4, -0.2) is 0 Å². The molecule has 0 heterocycles. The van der Waals surface area contributed by atoms with Gasteiger partial charge in [0.25, 0.3) is 0 Å². The van der Waals surface area contributed by atoms with Gasteiger partial charge in [0.15, 0.2) is 0 Å². The second-order valence-electron chi connectivity index (χ2n) is 6.05. The molecule has 0 nitrogen and oxygen atoms in total. The van der Waals surface area contributed by atoms with Crippen LogP contribution in [0.15, 0.2) is 90.2 Å². The fourth-order valence-electron chi connectivity index (χ4n) is 2.39. The summed E-state index contributed by atoms with van der Waals surface area (Å²) in [7, 11) is -0.778. The molecule has 0 amide bonds. The van der Waals surface area contributed by atoms with Crippen LogP contribution >= 0.6 is 7.92 Å². The molecule has 0 atom stereocenters. The second-order valence-corrected chi connectivity index (χ2v) is 7.84. The molecule has 0 aliphatic heterocycles. The molecule has 0 saturated heterocycles. The molecule has 0 radical (unpaired) electrons. The van der Waals surface area contributed by atoms with Gasteiger partial charge >= 0.3 is 0 Å². The van der Waals surface area contributed by atoms with E-state index in [0.29, 0.717) is 0 Å². The van der Waals surface area contributed by atoms with E-state index in [9.17, 15) is 13.2 Å². The van der Waals surface area contributed by atoms with Gasteiger partial charge in [-0.2, -0.15) is 0 Å². The standard InChI is InChI=1S/C24H18F3P/c25-22-7-1-19(2-8-22)13-16-28(17-14-20-3-9-23(26)10-4-20)18-15-21-5-11-24(27)12-6-21/h1-18H/b16-13+,17-14+,18-15+.